The first kappa shape index (κ1) is 13.7. The number of rotatable bonds is 4. The van der Waals surface area contributed by atoms with Crippen molar-refractivity contribution in [3.05, 3.63) is 39.9 Å². The number of anilines is 2. The van der Waals surface area contributed by atoms with E-state index in [1.54, 1.807) is 0 Å². The van der Waals surface area contributed by atoms with Crippen molar-refractivity contribution in [3.8, 4) is 0 Å². The molecule has 0 saturated carbocycles. The molecule has 9 heteroatoms. The van der Waals surface area contributed by atoms with Crippen molar-refractivity contribution < 1.29 is 9.72 Å². The lowest BCUT2D eigenvalue weighted by atomic mass is 10.2. The number of nitrogen functional groups attached to an aromatic ring is 2. The molecular formula is C11H9N5O3S. The van der Waals surface area contributed by atoms with Crippen molar-refractivity contribution in [2.45, 2.75) is 10.1 Å². The van der Waals surface area contributed by atoms with E-state index in [1.807, 2.05) is 0 Å². The molecule has 0 aliphatic heterocycles. The van der Waals surface area contributed by atoms with Gasteiger partial charge in [-0.2, -0.15) is 0 Å². The molecule has 0 fully saturated rings. The summed E-state index contributed by atoms with van der Waals surface area (Å²) in [7, 11) is 0. The number of aromatic nitrogens is 2. The minimum Gasteiger partial charge on any atom is -0.383 e. The Bertz CT molecular complexity index is 672. The van der Waals surface area contributed by atoms with Crippen LogP contribution in [0.3, 0.4) is 0 Å². The number of hydrogen-bond acceptors (Lipinski definition) is 8. The average molecular weight is 291 g/mol. The lowest BCUT2D eigenvalue weighted by molar-refractivity contribution is -0.385. The number of nitro benzene ring substituents is 1. The first-order chi connectivity index (χ1) is 9.49. The van der Waals surface area contributed by atoms with E-state index in [-0.39, 0.29) is 22.9 Å². The molecule has 0 atom stereocenters. The number of carbonyl (C=O) groups is 1. The molecule has 0 bridgehead atoms. The third kappa shape index (κ3) is 3.01. The van der Waals surface area contributed by atoms with Crippen LogP contribution in [0.1, 0.15) is 10.4 Å². The molecule has 2 aromatic rings. The van der Waals surface area contributed by atoms with Crippen LogP contribution in [0.2, 0.25) is 0 Å². The van der Waals surface area contributed by atoms with Crippen LogP contribution in [0, 0.1) is 10.1 Å². The second-order valence-electron chi connectivity index (χ2n) is 3.70. The first-order valence-electron chi connectivity index (χ1n) is 5.31. The van der Waals surface area contributed by atoms with Crippen molar-refractivity contribution in [1.29, 1.82) is 0 Å². The summed E-state index contributed by atoms with van der Waals surface area (Å²) >= 11 is 1.10. The molecule has 8 nitrogen and oxygen atoms in total. The van der Waals surface area contributed by atoms with Gasteiger partial charge >= 0.3 is 0 Å². The Labute approximate surface area is 117 Å². The van der Waals surface area contributed by atoms with Crippen LogP contribution in [-0.2, 0) is 0 Å². The zero-order valence-corrected chi connectivity index (χ0v) is 10.8. The van der Waals surface area contributed by atoms with Gasteiger partial charge in [0.2, 0.25) is 0 Å². The normalized spacial score (nSPS) is 10.2. The summed E-state index contributed by atoms with van der Waals surface area (Å²) < 4.78 is 0. The summed E-state index contributed by atoms with van der Waals surface area (Å²) in [6.07, 6.45) is 0.427. The smallest absolute Gasteiger partial charge is 0.279 e. The molecule has 0 amide bonds. The van der Waals surface area contributed by atoms with Gasteiger partial charge in [-0.05, 0) is 23.9 Å². The van der Waals surface area contributed by atoms with E-state index in [0.29, 0.717) is 16.3 Å². The molecule has 0 aliphatic rings. The SMILES string of the molecule is Nc1cc(N)nc(Sc2ccc([N+](=O)[O-])c(C=O)c2)n1. The summed E-state index contributed by atoms with van der Waals surface area (Å²) in [4.78, 5) is 29.5. The maximum Gasteiger partial charge on any atom is 0.279 e. The maximum absolute atomic E-state index is 10.9. The Kier molecular flexibility index (Phi) is 3.80. The van der Waals surface area contributed by atoms with E-state index in [1.165, 1.54) is 24.3 Å². The quantitative estimate of drug-likeness (QED) is 0.374. The maximum atomic E-state index is 10.9. The highest BCUT2D eigenvalue weighted by molar-refractivity contribution is 7.99. The number of benzene rings is 1. The highest BCUT2D eigenvalue weighted by Gasteiger charge is 2.14. The minimum absolute atomic E-state index is 0.0168. The molecular weight excluding hydrogens is 282 g/mol. The van der Waals surface area contributed by atoms with Gasteiger partial charge in [0.05, 0.1) is 10.5 Å². The van der Waals surface area contributed by atoms with Crippen LogP contribution in [-0.4, -0.2) is 21.2 Å². The fraction of sp³-hybridized carbons (Fsp3) is 0. The number of hydrogen-bond donors (Lipinski definition) is 2. The first-order valence-corrected chi connectivity index (χ1v) is 6.13. The predicted molar refractivity (Wildman–Crippen MR) is 73.5 cm³/mol. The van der Waals surface area contributed by atoms with Gasteiger partial charge in [0.25, 0.3) is 5.69 Å². The van der Waals surface area contributed by atoms with Crippen molar-refractivity contribution >= 4 is 35.4 Å². The predicted octanol–water partition coefficient (Wildman–Crippen LogP) is 1.51. The van der Waals surface area contributed by atoms with Gasteiger partial charge in [0.15, 0.2) is 11.4 Å². The van der Waals surface area contributed by atoms with E-state index in [9.17, 15) is 14.9 Å². The second-order valence-corrected chi connectivity index (χ2v) is 4.74. The monoisotopic (exact) mass is 291 g/mol. The van der Waals surface area contributed by atoms with E-state index in [0.717, 1.165) is 11.8 Å². The zero-order chi connectivity index (χ0) is 14.7. The lowest BCUT2D eigenvalue weighted by Gasteiger charge is -2.03. The molecule has 2 rings (SSSR count). The third-order valence-electron chi connectivity index (χ3n) is 2.28. The fourth-order valence-corrected chi connectivity index (χ4v) is 2.30. The highest BCUT2D eigenvalue weighted by Crippen LogP contribution is 2.29. The van der Waals surface area contributed by atoms with E-state index in [2.05, 4.69) is 9.97 Å². The molecule has 0 saturated heterocycles. The van der Waals surface area contributed by atoms with Crippen LogP contribution >= 0.6 is 11.8 Å². The van der Waals surface area contributed by atoms with Gasteiger partial charge in [-0.15, -0.1) is 0 Å². The number of nitro groups is 1. The Hall–Kier alpha value is -2.68. The number of nitrogens with zero attached hydrogens (tertiary/aromatic N) is 3. The van der Waals surface area contributed by atoms with Crippen LogP contribution in [0.5, 0.6) is 0 Å². The molecule has 1 aromatic heterocycles. The van der Waals surface area contributed by atoms with Gasteiger partial charge in [-0.1, -0.05) is 0 Å². The Morgan fingerprint density at radius 1 is 1.20 bits per heavy atom. The van der Waals surface area contributed by atoms with Crippen molar-refractivity contribution in [1.82, 2.24) is 9.97 Å². The van der Waals surface area contributed by atoms with E-state index >= 15 is 0 Å². The summed E-state index contributed by atoms with van der Waals surface area (Å²) in [5, 5.41) is 11.0. The Balaban J connectivity index is 2.34. The lowest BCUT2D eigenvalue weighted by Crippen LogP contribution is -1.99. The Morgan fingerprint density at radius 2 is 1.85 bits per heavy atom. The number of nitrogens with two attached hydrogens (primary N) is 2. The van der Waals surface area contributed by atoms with Gasteiger partial charge in [0.1, 0.15) is 11.6 Å². The van der Waals surface area contributed by atoms with Crippen LogP contribution < -0.4 is 11.5 Å². The molecule has 0 unspecified atom stereocenters. The van der Waals surface area contributed by atoms with Crippen LogP contribution in [0.4, 0.5) is 17.3 Å². The molecule has 0 aliphatic carbocycles. The molecule has 0 spiro atoms. The zero-order valence-electron chi connectivity index (χ0n) is 10.0. The van der Waals surface area contributed by atoms with Crippen molar-refractivity contribution in [3.63, 3.8) is 0 Å². The average Bonchev–Trinajstić information content (AvgIpc) is 2.37. The molecule has 4 N–H and O–H groups in total. The molecule has 0 radical (unpaired) electrons. The van der Waals surface area contributed by atoms with Crippen molar-refractivity contribution in [2.75, 3.05) is 11.5 Å². The Morgan fingerprint density at radius 3 is 2.40 bits per heavy atom. The molecule has 1 aromatic carbocycles. The van der Waals surface area contributed by atoms with Gasteiger partial charge in [0, 0.05) is 17.0 Å². The summed E-state index contributed by atoms with van der Waals surface area (Å²) in [6.45, 7) is 0. The summed E-state index contributed by atoms with van der Waals surface area (Å²) in [5.74, 6) is 0.440. The third-order valence-corrected chi connectivity index (χ3v) is 3.13. The van der Waals surface area contributed by atoms with Crippen LogP contribution in [0.15, 0.2) is 34.3 Å². The van der Waals surface area contributed by atoms with Crippen molar-refractivity contribution in [2.24, 2.45) is 0 Å². The second kappa shape index (κ2) is 5.53. The topological polar surface area (TPSA) is 138 Å². The molecule has 102 valence electrons. The number of carbonyl (C=O) groups excluding carboxylic acids is 1. The van der Waals surface area contributed by atoms with Gasteiger partial charge in [-0.3, -0.25) is 14.9 Å². The molecule has 1 heterocycles. The largest absolute Gasteiger partial charge is 0.383 e. The molecule has 20 heavy (non-hydrogen) atoms. The fourth-order valence-electron chi connectivity index (χ4n) is 1.47. The summed E-state index contributed by atoms with van der Waals surface area (Å²) in [6, 6.07) is 5.55. The minimum atomic E-state index is -0.618. The standard InChI is InChI=1S/C11H9N5O3S/c12-9-4-10(13)15-11(14-9)20-7-1-2-8(16(18)19)6(3-7)5-17/h1-5H,(H4,12,13,14,15). The number of aldehydes is 1. The highest BCUT2D eigenvalue weighted by atomic mass is 32.2. The van der Waals surface area contributed by atoms with Gasteiger partial charge < -0.3 is 11.5 Å². The summed E-state index contributed by atoms with van der Waals surface area (Å²) in [5.41, 5.74) is 10.8. The van der Waals surface area contributed by atoms with Crippen LogP contribution in [0.25, 0.3) is 0 Å². The van der Waals surface area contributed by atoms with Gasteiger partial charge in [-0.25, -0.2) is 9.97 Å². The van der Waals surface area contributed by atoms with E-state index < -0.39 is 4.92 Å². The van der Waals surface area contributed by atoms with E-state index in [4.69, 9.17) is 11.5 Å².